The van der Waals surface area contributed by atoms with Crippen LogP contribution in [0, 0.1) is 0 Å². The molecule has 2 N–H and O–H groups in total. The minimum atomic E-state index is -0.829. The molecule has 0 fully saturated rings. The second-order valence-electron chi connectivity index (χ2n) is 4.01. The molecule has 2 atom stereocenters. The topological polar surface area (TPSA) is 54.1 Å². The molecule has 2 aliphatic rings. The molecule has 0 spiro atoms. The summed E-state index contributed by atoms with van der Waals surface area (Å²) in [7, 11) is 0. The van der Waals surface area contributed by atoms with E-state index >= 15 is 0 Å². The largest absolute Gasteiger partial charge is 0.477 e. The molecule has 2 aliphatic heterocycles. The summed E-state index contributed by atoms with van der Waals surface area (Å²) in [5.74, 6) is -0.829. The number of nitrogens with zero attached hydrogens (tertiary/aromatic N) is 1. The number of aliphatic imine (C=N–C) groups is 1. The summed E-state index contributed by atoms with van der Waals surface area (Å²) in [6, 6.07) is 7.02. The van der Waals surface area contributed by atoms with Crippen LogP contribution in [0.1, 0.15) is 17.2 Å². The fourth-order valence-electron chi connectivity index (χ4n) is 2.38. The van der Waals surface area contributed by atoms with Crippen molar-refractivity contribution in [2.45, 2.75) is 6.04 Å². The predicted octanol–water partition coefficient (Wildman–Crippen LogP) is 1.45. The number of rotatable bonds is 1. The molecule has 4 nitrogen and oxygen atoms in total. The standard InChI is InChI=1S/C13H10N2O2.2ClH/c16-13(17)12-10-5-2-1-4-9(10)11-6-3-7-14-8-15(11)12;;/h1-8,12H,(H,16,17);2*1H/p+1. The van der Waals surface area contributed by atoms with Crippen molar-refractivity contribution in [2.75, 3.05) is 0 Å². The lowest BCUT2D eigenvalue weighted by Crippen LogP contribution is -3.07. The number of halogens is 2. The summed E-state index contributed by atoms with van der Waals surface area (Å²) in [4.78, 5) is 16.2. The Balaban J connectivity index is 0.000000902. The summed E-state index contributed by atoms with van der Waals surface area (Å²) in [6.45, 7) is 0. The second-order valence-corrected chi connectivity index (χ2v) is 4.01. The van der Waals surface area contributed by atoms with Gasteiger partial charge in [0.1, 0.15) is 5.70 Å². The van der Waals surface area contributed by atoms with E-state index < -0.39 is 12.0 Å². The molecule has 19 heavy (non-hydrogen) atoms. The predicted molar refractivity (Wildman–Crippen MR) is 77.9 cm³/mol. The van der Waals surface area contributed by atoms with Gasteiger partial charge < -0.3 is 5.11 Å². The summed E-state index contributed by atoms with van der Waals surface area (Å²) in [5.41, 5.74) is 2.81. The van der Waals surface area contributed by atoms with E-state index in [1.165, 1.54) is 0 Å². The van der Waals surface area contributed by atoms with Crippen molar-refractivity contribution in [1.82, 2.24) is 0 Å². The molecular weight excluding hydrogens is 287 g/mol. The lowest BCUT2D eigenvalue weighted by Gasteiger charge is -2.12. The van der Waals surface area contributed by atoms with E-state index in [1.807, 2.05) is 36.4 Å². The van der Waals surface area contributed by atoms with Crippen LogP contribution in [-0.2, 0) is 4.79 Å². The molecule has 0 aromatic heterocycles. The second kappa shape index (κ2) is 6.02. The first kappa shape index (κ1) is 15.4. The van der Waals surface area contributed by atoms with Gasteiger partial charge in [-0.25, -0.2) is 14.7 Å². The zero-order valence-corrected chi connectivity index (χ0v) is 11.4. The average Bonchev–Trinajstić information content (AvgIpc) is 2.48. The minimum Gasteiger partial charge on any atom is -0.477 e. The molecule has 0 saturated carbocycles. The van der Waals surface area contributed by atoms with Gasteiger partial charge in [-0.1, -0.05) is 18.2 Å². The fourth-order valence-corrected chi connectivity index (χ4v) is 2.38. The highest BCUT2D eigenvalue weighted by Crippen LogP contribution is 2.28. The Hall–Kier alpha value is -1.62. The van der Waals surface area contributed by atoms with E-state index in [0.29, 0.717) is 0 Å². The maximum atomic E-state index is 11.4. The van der Waals surface area contributed by atoms with Crippen molar-refractivity contribution in [3.05, 3.63) is 53.7 Å². The average molecular weight is 300 g/mol. The van der Waals surface area contributed by atoms with Crippen LogP contribution in [0.3, 0.4) is 0 Å². The normalized spacial score (nSPS) is 22.2. The van der Waals surface area contributed by atoms with E-state index in [4.69, 9.17) is 0 Å². The quantitative estimate of drug-likeness (QED) is 0.825. The van der Waals surface area contributed by atoms with Gasteiger partial charge in [-0.2, -0.15) is 0 Å². The third-order valence-electron chi connectivity index (χ3n) is 3.08. The summed E-state index contributed by atoms with van der Waals surface area (Å²) >= 11 is 0. The maximum Gasteiger partial charge on any atom is 0.368 e. The first-order chi connectivity index (χ1) is 8.29. The third kappa shape index (κ3) is 2.42. The Labute approximate surface area is 123 Å². The van der Waals surface area contributed by atoms with Gasteiger partial charge >= 0.3 is 5.97 Å². The number of fused-ring (bicyclic) bond motifs is 3. The molecule has 2 unspecified atom stereocenters. The van der Waals surface area contributed by atoms with Gasteiger partial charge in [0.15, 0.2) is 6.34 Å². The molecule has 0 radical (unpaired) electrons. The number of allylic oxidation sites excluding steroid dienone is 2. The van der Waals surface area contributed by atoms with Gasteiger partial charge in [-0.05, 0) is 12.1 Å². The zero-order valence-electron chi connectivity index (χ0n) is 9.82. The Morgan fingerprint density at radius 2 is 2.00 bits per heavy atom. The third-order valence-corrected chi connectivity index (χ3v) is 3.08. The number of carbonyl (C=O) groups is 1. The molecule has 2 heterocycles. The summed E-state index contributed by atoms with van der Waals surface area (Å²) < 4.78 is 0. The minimum absolute atomic E-state index is 0. The van der Waals surface area contributed by atoms with E-state index in [9.17, 15) is 9.90 Å². The number of carboxylic acid groups (broad SMARTS) is 1. The van der Waals surface area contributed by atoms with Crippen molar-refractivity contribution in [3.63, 3.8) is 0 Å². The lowest BCUT2D eigenvalue weighted by molar-refractivity contribution is -0.738. The molecule has 0 aliphatic carbocycles. The Morgan fingerprint density at radius 3 is 2.74 bits per heavy atom. The van der Waals surface area contributed by atoms with Crippen molar-refractivity contribution in [1.29, 1.82) is 0 Å². The van der Waals surface area contributed by atoms with Gasteiger partial charge in [0.25, 0.3) is 0 Å². The smallest absolute Gasteiger partial charge is 0.368 e. The molecule has 1 aromatic carbocycles. The summed E-state index contributed by atoms with van der Waals surface area (Å²) in [5, 5.41) is 9.36. The molecule has 0 bridgehead atoms. The molecular formula is C13H13Cl2N2O2+. The lowest BCUT2D eigenvalue weighted by atomic mass is 10.0. The first-order valence-electron chi connectivity index (χ1n) is 5.38. The highest BCUT2D eigenvalue weighted by atomic mass is 35.5. The molecule has 3 rings (SSSR count). The van der Waals surface area contributed by atoms with Gasteiger partial charge in [-0.15, -0.1) is 24.8 Å². The van der Waals surface area contributed by atoms with Crippen LogP contribution in [0.15, 0.2) is 47.6 Å². The highest BCUT2D eigenvalue weighted by molar-refractivity contribution is 5.86. The van der Waals surface area contributed by atoms with Gasteiger partial charge in [0.05, 0.1) is 0 Å². The van der Waals surface area contributed by atoms with Crippen LogP contribution in [-0.4, -0.2) is 17.4 Å². The van der Waals surface area contributed by atoms with Crippen molar-refractivity contribution in [3.8, 4) is 0 Å². The number of hydrogen-bond donors (Lipinski definition) is 2. The van der Waals surface area contributed by atoms with Crippen LogP contribution >= 0.6 is 24.8 Å². The number of hydrogen-bond acceptors (Lipinski definition) is 2. The van der Waals surface area contributed by atoms with Crippen LogP contribution in [0.2, 0.25) is 0 Å². The van der Waals surface area contributed by atoms with Crippen LogP contribution < -0.4 is 4.90 Å². The summed E-state index contributed by atoms with van der Waals surface area (Å²) in [6.07, 6.45) is 7.07. The monoisotopic (exact) mass is 299 g/mol. The van der Waals surface area contributed by atoms with Crippen molar-refractivity contribution < 1.29 is 14.8 Å². The van der Waals surface area contributed by atoms with Crippen molar-refractivity contribution >= 4 is 42.8 Å². The van der Waals surface area contributed by atoms with Gasteiger partial charge in [-0.3, -0.25) is 0 Å². The molecule has 6 heteroatoms. The zero-order chi connectivity index (χ0) is 11.8. The Bertz CT molecular complexity index is 582. The van der Waals surface area contributed by atoms with E-state index in [-0.39, 0.29) is 24.8 Å². The number of benzene rings is 1. The van der Waals surface area contributed by atoms with E-state index in [2.05, 4.69) is 4.99 Å². The number of carboxylic acids is 1. The fraction of sp³-hybridized carbons (Fsp3) is 0.0769. The van der Waals surface area contributed by atoms with Crippen LogP contribution in [0.25, 0.3) is 5.70 Å². The van der Waals surface area contributed by atoms with E-state index in [0.717, 1.165) is 21.7 Å². The number of aliphatic carboxylic acids is 1. The van der Waals surface area contributed by atoms with E-state index in [1.54, 1.807) is 12.5 Å². The first-order valence-corrected chi connectivity index (χ1v) is 5.38. The molecule has 0 saturated heterocycles. The van der Waals surface area contributed by atoms with Gasteiger partial charge in [0, 0.05) is 23.4 Å². The highest BCUT2D eigenvalue weighted by Gasteiger charge is 2.43. The Kier molecular flexibility index (Phi) is 4.89. The number of nitrogens with one attached hydrogen (secondary N) is 1. The van der Waals surface area contributed by atoms with Gasteiger partial charge in [0.2, 0.25) is 6.04 Å². The SMILES string of the molecule is Cl.Cl.O=C(O)C1c2ccccc2C2=CC=CN=C[NH+]21. The molecule has 0 amide bonds. The van der Waals surface area contributed by atoms with Crippen LogP contribution in [0.5, 0.6) is 0 Å². The van der Waals surface area contributed by atoms with Crippen molar-refractivity contribution in [2.24, 2.45) is 4.99 Å². The Morgan fingerprint density at radius 1 is 1.26 bits per heavy atom. The molecule has 1 aromatic rings. The number of quaternary nitrogens is 1. The maximum absolute atomic E-state index is 11.4. The van der Waals surface area contributed by atoms with Crippen LogP contribution in [0.4, 0.5) is 0 Å². The molecule has 100 valence electrons.